The van der Waals surface area contributed by atoms with Crippen molar-refractivity contribution in [1.29, 1.82) is 0 Å². The van der Waals surface area contributed by atoms with E-state index >= 15 is 0 Å². The highest BCUT2D eigenvalue weighted by Gasteiger charge is 2.36. The molecule has 0 spiro atoms. The Bertz CT molecular complexity index is 1010. The molecule has 0 saturated heterocycles. The highest BCUT2D eigenvalue weighted by atomic mass is 35.5. The van der Waals surface area contributed by atoms with E-state index < -0.39 is 5.60 Å². The third kappa shape index (κ3) is 3.25. The number of aromatic nitrogens is 3. The zero-order valence-corrected chi connectivity index (χ0v) is 16.2. The summed E-state index contributed by atoms with van der Waals surface area (Å²) in [5, 5.41) is 1.10. The van der Waals surface area contributed by atoms with Gasteiger partial charge in [0.05, 0.1) is 11.4 Å². The molecule has 3 aromatic rings. The number of nitrogens with one attached hydrogen (secondary N) is 1. The second-order valence-corrected chi connectivity index (χ2v) is 8.02. The molecule has 0 saturated carbocycles. The molecule has 1 N–H and O–H groups in total. The highest BCUT2D eigenvalue weighted by Crippen LogP contribution is 2.40. The number of fused-ring (bicyclic) bond motifs is 2. The predicted molar refractivity (Wildman–Crippen MR) is 104 cm³/mol. The molecule has 4 rings (SSSR count). The Morgan fingerprint density at radius 2 is 2.04 bits per heavy atom. The first kappa shape index (κ1) is 17.8. The van der Waals surface area contributed by atoms with E-state index in [9.17, 15) is 4.79 Å². The third-order valence-corrected chi connectivity index (χ3v) is 4.95. The molecule has 0 bridgehead atoms. The highest BCUT2D eigenvalue weighted by molar-refractivity contribution is 6.34. The van der Waals surface area contributed by atoms with E-state index in [2.05, 4.69) is 21.0 Å². The number of carbonyl (C=O) groups is 1. The first-order chi connectivity index (χ1) is 12.8. The van der Waals surface area contributed by atoms with Gasteiger partial charge in [0.25, 0.3) is 0 Å². The van der Waals surface area contributed by atoms with Crippen LogP contribution in [0.3, 0.4) is 0 Å². The van der Waals surface area contributed by atoms with Crippen molar-refractivity contribution in [3.63, 3.8) is 0 Å². The number of nitrogens with zero attached hydrogens (tertiary/aromatic N) is 3. The fourth-order valence-electron chi connectivity index (χ4n) is 3.58. The normalized spacial score (nSPS) is 17.0. The molecule has 0 aliphatic carbocycles. The lowest BCUT2D eigenvalue weighted by Gasteiger charge is -2.38. The van der Waals surface area contributed by atoms with Crippen LogP contribution in [0.4, 0.5) is 4.79 Å². The molecule has 7 heteroatoms. The molecule has 0 radical (unpaired) electrons. The molecule has 27 heavy (non-hydrogen) atoms. The molecule has 1 amide bonds. The molecular formula is C20H21ClN4O2. The Kier molecular flexibility index (Phi) is 4.30. The molecule has 1 aliphatic rings. The van der Waals surface area contributed by atoms with Gasteiger partial charge in [0.2, 0.25) is 0 Å². The summed E-state index contributed by atoms with van der Waals surface area (Å²) in [6, 6.07) is 7.83. The largest absolute Gasteiger partial charge is 0.444 e. The predicted octanol–water partition coefficient (Wildman–Crippen LogP) is 4.49. The summed E-state index contributed by atoms with van der Waals surface area (Å²) in [5.41, 5.74) is 3.23. The van der Waals surface area contributed by atoms with Gasteiger partial charge in [-0.15, -0.1) is 0 Å². The van der Waals surface area contributed by atoms with Crippen molar-refractivity contribution in [2.45, 2.75) is 38.8 Å². The molecule has 1 aliphatic heterocycles. The van der Waals surface area contributed by atoms with Gasteiger partial charge in [0.1, 0.15) is 22.7 Å². The van der Waals surface area contributed by atoms with Gasteiger partial charge in [-0.1, -0.05) is 35.9 Å². The second-order valence-electron chi connectivity index (χ2n) is 7.66. The van der Waals surface area contributed by atoms with Crippen molar-refractivity contribution >= 4 is 28.7 Å². The van der Waals surface area contributed by atoms with E-state index in [0.717, 1.165) is 22.9 Å². The molecular weight excluding hydrogens is 364 g/mol. The minimum Gasteiger partial charge on any atom is -0.444 e. The second kappa shape index (κ2) is 6.53. The van der Waals surface area contributed by atoms with Gasteiger partial charge in [0.15, 0.2) is 0 Å². The fourth-order valence-corrected chi connectivity index (χ4v) is 3.82. The smallest absolute Gasteiger partial charge is 0.411 e. The van der Waals surface area contributed by atoms with Crippen molar-refractivity contribution < 1.29 is 9.53 Å². The van der Waals surface area contributed by atoms with Crippen LogP contribution in [0.1, 0.15) is 43.5 Å². The van der Waals surface area contributed by atoms with Gasteiger partial charge in [-0.3, -0.25) is 4.90 Å². The number of aromatic amines is 1. The fraction of sp³-hybridized carbons (Fsp3) is 0.350. The van der Waals surface area contributed by atoms with Crippen LogP contribution in [-0.2, 0) is 11.2 Å². The van der Waals surface area contributed by atoms with Crippen LogP contribution in [0, 0.1) is 0 Å². The minimum absolute atomic E-state index is 0.318. The number of carbonyl (C=O) groups excluding carboxylic acids is 1. The van der Waals surface area contributed by atoms with Crippen molar-refractivity contribution in [2.75, 3.05) is 6.54 Å². The molecule has 6 nitrogen and oxygen atoms in total. The molecule has 3 heterocycles. The monoisotopic (exact) mass is 384 g/mol. The first-order valence-corrected chi connectivity index (χ1v) is 9.28. The zero-order valence-electron chi connectivity index (χ0n) is 15.5. The van der Waals surface area contributed by atoms with Crippen LogP contribution in [0.25, 0.3) is 11.0 Å². The zero-order chi connectivity index (χ0) is 19.2. The van der Waals surface area contributed by atoms with Crippen molar-refractivity contribution in [2.24, 2.45) is 0 Å². The average Bonchev–Trinajstić information content (AvgIpc) is 3.04. The summed E-state index contributed by atoms with van der Waals surface area (Å²) >= 11 is 6.38. The lowest BCUT2D eigenvalue weighted by molar-refractivity contribution is 0.0179. The lowest BCUT2D eigenvalue weighted by Crippen LogP contribution is -2.43. The summed E-state index contributed by atoms with van der Waals surface area (Å²) in [6.07, 6.45) is 3.71. The molecule has 1 atom stereocenters. The summed E-state index contributed by atoms with van der Waals surface area (Å²) < 4.78 is 5.68. The van der Waals surface area contributed by atoms with Gasteiger partial charge < -0.3 is 9.72 Å². The number of rotatable bonds is 1. The maximum absolute atomic E-state index is 13.0. The lowest BCUT2D eigenvalue weighted by atomic mass is 9.88. The van der Waals surface area contributed by atoms with Gasteiger partial charge in [-0.2, -0.15) is 0 Å². The van der Waals surface area contributed by atoms with E-state index in [4.69, 9.17) is 16.3 Å². The topological polar surface area (TPSA) is 71.1 Å². The third-order valence-electron chi connectivity index (χ3n) is 4.66. The van der Waals surface area contributed by atoms with Gasteiger partial charge in [0, 0.05) is 18.3 Å². The number of hydrogen-bond donors (Lipinski definition) is 1. The summed E-state index contributed by atoms with van der Waals surface area (Å²) in [5.74, 6) is 0. The molecule has 1 aromatic carbocycles. The van der Waals surface area contributed by atoms with Crippen LogP contribution < -0.4 is 0 Å². The van der Waals surface area contributed by atoms with E-state index in [-0.39, 0.29) is 12.1 Å². The summed E-state index contributed by atoms with van der Waals surface area (Å²) in [7, 11) is 0. The average molecular weight is 385 g/mol. The molecule has 1 unspecified atom stereocenters. The Hall–Kier alpha value is -2.60. The maximum Gasteiger partial charge on any atom is 0.411 e. The van der Waals surface area contributed by atoms with Gasteiger partial charge >= 0.3 is 6.09 Å². The number of hydrogen-bond acceptors (Lipinski definition) is 4. The summed E-state index contributed by atoms with van der Waals surface area (Å²) in [4.78, 5) is 26.3. The maximum atomic E-state index is 13.0. The number of benzene rings is 1. The van der Waals surface area contributed by atoms with E-state index in [1.54, 1.807) is 4.90 Å². The van der Waals surface area contributed by atoms with E-state index in [0.29, 0.717) is 17.3 Å². The number of ether oxygens (including phenoxy) is 1. The van der Waals surface area contributed by atoms with Crippen LogP contribution in [-0.4, -0.2) is 38.1 Å². The van der Waals surface area contributed by atoms with E-state index in [1.165, 1.54) is 11.9 Å². The van der Waals surface area contributed by atoms with Gasteiger partial charge in [-0.25, -0.2) is 14.8 Å². The standard InChI is InChI=1S/C20H21ClN4O2/c1-20(2,3)27-19(26)25-9-8-12-6-4-5-7-13(12)16(25)14-10-22-18-15(14)17(21)23-11-24-18/h4-7,10-11,16H,8-9H2,1-3H3,(H,22,23,24). The van der Waals surface area contributed by atoms with E-state index in [1.807, 2.05) is 45.2 Å². The number of amides is 1. The van der Waals surface area contributed by atoms with Crippen molar-refractivity contribution in [3.05, 3.63) is 58.6 Å². The minimum atomic E-state index is -0.570. The number of halogens is 1. The van der Waals surface area contributed by atoms with Crippen LogP contribution >= 0.6 is 11.6 Å². The van der Waals surface area contributed by atoms with Crippen molar-refractivity contribution in [1.82, 2.24) is 19.9 Å². The van der Waals surface area contributed by atoms with Crippen LogP contribution in [0.2, 0.25) is 5.15 Å². The van der Waals surface area contributed by atoms with Gasteiger partial charge in [-0.05, 0) is 38.3 Å². The SMILES string of the molecule is CC(C)(C)OC(=O)N1CCc2ccccc2C1c1c[nH]c2ncnc(Cl)c12. The molecule has 2 aromatic heterocycles. The molecule has 140 valence electrons. The quantitative estimate of drug-likeness (QED) is 0.627. The number of H-pyrrole nitrogens is 1. The summed E-state index contributed by atoms with van der Waals surface area (Å²) in [6.45, 7) is 6.17. The Morgan fingerprint density at radius 1 is 1.26 bits per heavy atom. The van der Waals surface area contributed by atoms with Crippen LogP contribution in [0.5, 0.6) is 0 Å². The first-order valence-electron chi connectivity index (χ1n) is 8.90. The molecule has 0 fully saturated rings. The van der Waals surface area contributed by atoms with Crippen molar-refractivity contribution in [3.8, 4) is 0 Å². The Morgan fingerprint density at radius 3 is 2.81 bits per heavy atom. The Balaban J connectivity index is 1.87. The van der Waals surface area contributed by atoms with Crippen LogP contribution in [0.15, 0.2) is 36.8 Å². The Labute approximate surface area is 162 Å².